The highest BCUT2D eigenvalue weighted by molar-refractivity contribution is 5.85. The topological polar surface area (TPSA) is 55.1 Å². The number of carbonyl (C=O) groups is 1. The lowest BCUT2D eigenvalue weighted by atomic mass is 9.99. The Morgan fingerprint density at radius 1 is 1.69 bits per heavy atom. The first-order valence-corrected chi connectivity index (χ1v) is 4.01. The zero-order chi connectivity index (χ0) is 8.55. The molecule has 13 heavy (non-hydrogen) atoms. The monoisotopic (exact) mass is 202 g/mol. The van der Waals surface area contributed by atoms with Crippen molar-refractivity contribution < 1.29 is 9.90 Å². The van der Waals surface area contributed by atoms with Crippen LogP contribution in [0.2, 0.25) is 0 Å². The van der Waals surface area contributed by atoms with E-state index in [9.17, 15) is 4.79 Å². The molecule has 0 aromatic carbocycles. The molecule has 1 unspecified atom stereocenters. The van der Waals surface area contributed by atoms with Gasteiger partial charge in [-0.15, -0.1) is 12.4 Å². The molecule has 0 saturated carbocycles. The van der Waals surface area contributed by atoms with Gasteiger partial charge < -0.3 is 5.11 Å². The van der Waals surface area contributed by atoms with Gasteiger partial charge in [0.05, 0.1) is 12.5 Å². The van der Waals surface area contributed by atoms with Gasteiger partial charge in [-0.05, 0) is 18.9 Å². The second-order valence-corrected chi connectivity index (χ2v) is 3.08. The molecule has 0 saturated heterocycles. The third-order valence-corrected chi connectivity index (χ3v) is 2.30. The molecule has 2 rings (SSSR count). The average Bonchev–Trinajstić information content (AvgIpc) is 2.49. The number of hydrogen-bond acceptors (Lipinski definition) is 2. The van der Waals surface area contributed by atoms with Crippen molar-refractivity contribution in [3.8, 4) is 0 Å². The Morgan fingerprint density at radius 3 is 3.15 bits per heavy atom. The number of aliphatic carboxylic acids is 1. The van der Waals surface area contributed by atoms with Crippen LogP contribution >= 0.6 is 12.4 Å². The van der Waals surface area contributed by atoms with Gasteiger partial charge in [-0.3, -0.25) is 9.48 Å². The molecule has 72 valence electrons. The SMILES string of the molecule is Cl.O=C(O)C1CCc2ccnn2C1. The predicted molar refractivity (Wildman–Crippen MR) is 48.9 cm³/mol. The largest absolute Gasteiger partial charge is 0.481 e. The zero-order valence-electron chi connectivity index (χ0n) is 7.01. The van der Waals surface area contributed by atoms with Gasteiger partial charge in [-0.2, -0.15) is 5.10 Å². The number of carboxylic acids is 1. The van der Waals surface area contributed by atoms with Crippen molar-refractivity contribution in [2.75, 3.05) is 0 Å². The first-order chi connectivity index (χ1) is 5.77. The van der Waals surface area contributed by atoms with Crippen LogP contribution in [0, 0.1) is 5.92 Å². The Balaban J connectivity index is 0.000000845. The summed E-state index contributed by atoms with van der Waals surface area (Å²) in [6.45, 7) is 0.525. The standard InChI is InChI=1S/C8H10N2O2.ClH/c11-8(12)6-1-2-7-3-4-9-10(7)5-6;/h3-4,6H,1-2,5H2,(H,11,12);1H. The Bertz CT molecular complexity index is 311. The Hall–Kier alpha value is -1.03. The van der Waals surface area contributed by atoms with Crippen LogP contribution in [0.3, 0.4) is 0 Å². The van der Waals surface area contributed by atoms with Crippen LogP contribution in [0.4, 0.5) is 0 Å². The minimum atomic E-state index is -0.712. The van der Waals surface area contributed by atoms with Crippen LogP contribution in [0.25, 0.3) is 0 Å². The maximum absolute atomic E-state index is 10.6. The van der Waals surface area contributed by atoms with Crippen molar-refractivity contribution >= 4 is 18.4 Å². The predicted octanol–water partition coefficient (Wildman–Crippen LogP) is 0.952. The summed E-state index contributed by atoms with van der Waals surface area (Å²) >= 11 is 0. The molecule has 0 aliphatic carbocycles. The normalized spacial score (nSPS) is 20.2. The quantitative estimate of drug-likeness (QED) is 0.738. The van der Waals surface area contributed by atoms with Crippen molar-refractivity contribution in [1.29, 1.82) is 0 Å². The number of halogens is 1. The summed E-state index contributed by atoms with van der Waals surface area (Å²) in [6, 6.07) is 1.94. The van der Waals surface area contributed by atoms with Crippen LogP contribution in [0.1, 0.15) is 12.1 Å². The fourth-order valence-electron chi connectivity index (χ4n) is 1.56. The first kappa shape index (κ1) is 10.1. The van der Waals surface area contributed by atoms with Gasteiger partial charge in [0.25, 0.3) is 0 Å². The third-order valence-electron chi connectivity index (χ3n) is 2.30. The molecule has 1 atom stereocenters. The molecule has 0 bridgehead atoms. The summed E-state index contributed by atoms with van der Waals surface area (Å²) in [7, 11) is 0. The van der Waals surface area contributed by atoms with Gasteiger partial charge in [0.15, 0.2) is 0 Å². The van der Waals surface area contributed by atoms with Crippen LogP contribution in [0.5, 0.6) is 0 Å². The first-order valence-electron chi connectivity index (χ1n) is 4.01. The zero-order valence-corrected chi connectivity index (χ0v) is 7.83. The molecule has 5 heteroatoms. The smallest absolute Gasteiger partial charge is 0.308 e. The molecule has 1 aliphatic rings. The Labute approximate surface area is 82.0 Å². The third kappa shape index (κ3) is 1.83. The van der Waals surface area contributed by atoms with Crippen LogP contribution in [0.15, 0.2) is 12.3 Å². The molecule has 0 fully saturated rings. The van der Waals surface area contributed by atoms with Crippen molar-refractivity contribution in [3.05, 3.63) is 18.0 Å². The van der Waals surface area contributed by atoms with Crippen molar-refractivity contribution in [2.24, 2.45) is 5.92 Å². The Morgan fingerprint density at radius 2 is 2.46 bits per heavy atom. The molecule has 1 aliphatic heterocycles. The molecule has 0 amide bonds. The molecular weight excluding hydrogens is 192 g/mol. The van der Waals surface area contributed by atoms with Crippen molar-refractivity contribution in [3.63, 3.8) is 0 Å². The molecule has 4 nitrogen and oxygen atoms in total. The van der Waals surface area contributed by atoms with Gasteiger partial charge in [-0.25, -0.2) is 0 Å². The molecule has 1 aromatic heterocycles. The van der Waals surface area contributed by atoms with Crippen LogP contribution < -0.4 is 0 Å². The van der Waals surface area contributed by atoms with Gasteiger partial charge in [0, 0.05) is 11.9 Å². The number of fused-ring (bicyclic) bond motifs is 1. The summed E-state index contributed by atoms with van der Waals surface area (Å²) in [5.74, 6) is -0.964. The van der Waals surface area contributed by atoms with E-state index < -0.39 is 5.97 Å². The van der Waals surface area contributed by atoms with Crippen molar-refractivity contribution in [2.45, 2.75) is 19.4 Å². The molecule has 0 spiro atoms. The van der Waals surface area contributed by atoms with Gasteiger partial charge >= 0.3 is 5.97 Å². The summed E-state index contributed by atoms with van der Waals surface area (Å²) in [5.41, 5.74) is 1.15. The van der Waals surface area contributed by atoms with Crippen LogP contribution in [-0.4, -0.2) is 20.9 Å². The number of rotatable bonds is 1. The summed E-state index contributed by atoms with van der Waals surface area (Å²) in [4.78, 5) is 10.6. The lowest BCUT2D eigenvalue weighted by Crippen LogP contribution is -2.26. The van der Waals surface area contributed by atoms with Gasteiger partial charge in [0.1, 0.15) is 0 Å². The number of carboxylic acid groups (broad SMARTS) is 1. The van der Waals surface area contributed by atoms with Gasteiger partial charge in [0.2, 0.25) is 0 Å². The van der Waals surface area contributed by atoms with E-state index in [1.54, 1.807) is 10.9 Å². The van der Waals surface area contributed by atoms with E-state index in [0.717, 1.165) is 18.5 Å². The fourth-order valence-corrected chi connectivity index (χ4v) is 1.56. The van der Waals surface area contributed by atoms with E-state index in [2.05, 4.69) is 5.10 Å². The average molecular weight is 203 g/mol. The van der Waals surface area contributed by atoms with E-state index in [-0.39, 0.29) is 18.3 Å². The van der Waals surface area contributed by atoms with Crippen molar-refractivity contribution in [1.82, 2.24) is 9.78 Å². The maximum atomic E-state index is 10.6. The molecular formula is C8H11ClN2O2. The lowest BCUT2D eigenvalue weighted by Gasteiger charge is -2.19. The fraction of sp³-hybridized carbons (Fsp3) is 0.500. The van der Waals surface area contributed by atoms with E-state index in [1.165, 1.54) is 0 Å². The van der Waals surface area contributed by atoms with E-state index >= 15 is 0 Å². The van der Waals surface area contributed by atoms with E-state index in [0.29, 0.717) is 6.54 Å². The second kappa shape index (κ2) is 3.79. The van der Waals surface area contributed by atoms with E-state index in [4.69, 9.17) is 5.11 Å². The van der Waals surface area contributed by atoms with E-state index in [1.807, 2.05) is 6.07 Å². The number of hydrogen-bond donors (Lipinski definition) is 1. The molecule has 1 aromatic rings. The Kier molecular flexibility index (Phi) is 2.93. The highest BCUT2D eigenvalue weighted by atomic mass is 35.5. The number of nitrogens with zero attached hydrogens (tertiary/aromatic N) is 2. The second-order valence-electron chi connectivity index (χ2n) is 3.08. The number of aromatic nitrogens is 2. The molecule has 2 heterocycles. The lowest BCUT2D eigenvalue weighted by molar-refractivity contribution is -0.142. The minimum absolute atomic E-state index is 0. The summed E-state index contributed by atoms with van der Waals surface area (Å²) in [5, 5.41) is 12.8. The van der Waals surface area contributed by atoms with Gasteiger partial charge in [-0.1, -0.05) is 0 Å². The highest BCUT2D eigenvalue weighted by Crippen LogP contribution is 2.18. The maximum Gasteiger partial charge on any atom is 0.308 e. The highest BCUT2D eigenvalue weighted by Gasteiger charge is 2.23. The minimum Gasteiger partial charge on any atom is -0.481 e. The molecule has 0 radical (unpaired) electrons. The van der Waals surface area contributed by atoms with Crippen LogP contribution in [-0.2, 0) is 17.8 Å². The number of aryl methyl sites for hydroxylation is 1. The summed E-state index contributed by atoms with van der Waals surface area (Å²) in [6.07, 6.45) is 3.29. The summed E-state index contributed by atoms with van der Waals surface area (Å²) < 4.78 is 1.78. The molecule has 1 N–H and O–H groups in total.